The van der Waals surface area contributed by atoms with Crippen molar-refractivity contribution in [3.05, 3.63) is 11.6 Å². The van der Waals surface area contributed by atoms with Gasteiger partial charge in [-0.3, -0.25) is 9.59 Å². The Morgan fingerprint density at radius 2 is 2.18 bits per heavy atom. The molecule has 92 valence electrons. The van der Waals surface area contributed by atoms with Crippen molar-refractivity contribution in [2.24, 2.45) is 35.0 Å². The Labute approximate surface area is 102 Å². The van der Waals surface area contributed by atoms with Gasteiger partial charge in [-0.15, -0.1) is 0 Å². The monoisotopic (exact) mass is 232 g/mol. The number of allylic oxidation sites excluding steroid dienone is 2. The van der Waals surface area contributed by atoms with Crippen LogP contribution in [0.3, 0.4) is 0 Å². The summed E-state index contributed by atoms with van der Waals surface area (Å²) in [7, 11) is 0. The third-order valence-corrected chi connectivity index (χ3v) is 5.57. The first-order chi connectivity index (χ1) is 8.00. The number of ketones is 1. The number of carbonyl (C=O) groups excluding carboxylic acids is 2. The van der Waals surface area contributed by atoms with E-state index in [1.54, 1.807) is 0 Å². The van der Waals surface area contributed by atoms with E-state index in [2.05, 4.69) is 26.8 Å². The number of Topliss-reactive ketones (excluding diaryl/α,β-unsaturated/α-hetero) is 1. The summed E-state index contributed by atoms with van der Waals surface area (Å²) in [6.07, 6.45) is 4.82. The third kappa shape index (κ3) is 1.16. The van der Waals surface area contributed by atoms with Crippen LogP contribution in [0.25, 0.3) is 0 Å². The summed E-state index contributed by atoms with van der Waals surface area (Å²) in [5.74, 6) is 2.49. The van der Waals surface area contributed by atoms with E-state index in [1.807, 2.05) is 0 Å². The number of hydrogen-bond donors (Lipinski definition) is 0. The quantitative estimate of drug-likeness (QED) is 0.686. The van der Waals surface area contributed by atoms with Gasteiger partial charge in [0.25, 0.3) is 0 Å². The predicted molar refractivity (Wildman–Crippen MR) is 65.3 cm³/mol. The van der Waals surface area contributed by atoms with Crippen molar-refractivity contribution in [3.8, 4) is 0 Å². The summed E-state index contributed by atoms with van der Waals surface area (Å²) in [6, 6.07) is 0. The van der Waals surface area contributed by atoms with Crippen LogP contribution in [-0.4, -0.2) is 12.1 Å². The van der Waals surface area contributed by atoms with Gasteiger partial charge in [-0.05, 0) is 41.1 Å². The molecular formula is C15H20O2. The Morgan fingerprint density at radius 1 is 1.47 bits per heavy atom. The highest BCUT2D eigenvalue weighted by molar-refractivity contribution is 5.87. The van der Waals surface area contributed by atoms with Gasteiger partial charge in [0.05, 0.1) is 0 Å². The molecule has 0 spiro atoms. The van der Waals surface area contributed by atoms with Crippen LogP contribution >= 0.6 is 0 Å². The first kappa shape index (κ1) is 11.2. The molecule has 4 aliphatic rings. The zero-order chi connectivity index (χ0) is 12.4. The molecule has 0 radical (unpaired) electrons. The van der Waals surface area contributed by atoms with Gasteiger partial charge in [-0.2, -0.15) is 0 Å². The lowest BCUT2D eigenvalue weighted by atomic mass is 9.34. The average Bonchev–Trinajstić information content (AvgIpc) is 2.27. The van der Waals surface area contributed by atoms with Crippen molar-refractivity contribution < 1.29 is 9.59 Å². The van der Waals surface area contributed by atoms with Crippen molar-refractivity contribution >= 4 is 12.1 Å². The second-order valence-electron chi connectivity index (χ2n) is 6.64. The average molecular weight is 232 g/mol. The van der Waals surface area contributed by atoms with E-state index in [0.717, 1.165) is 18.3 Å². The molecule has 0 aromatic heterocycles. The molecule has 0 N–H and O–H groups in total. The van der Waals surface area contributed by atoms with Gasteiger partial charge in [-0.25, -0.2) is 0 Å². The molecule has 4 bridgehead atoms. The third-order valence-electron chi connectivity index (χ3n) is 5.57. The molecule has 2 nitrogen and oxygen atoms in total. The molecule has 0 aromatic carbocycles. The van der Waals surface area contributed by atoms with Crippen LogP contribution < -0.4 is 0 Å². The van der Waals surface area contributed by atoms with Crippen LogP contribution in [0.5, 0.6) is 0 Å². The summed E-state index contributed by atoms with van der Waals surface area (Å²) in [4.78, 5) is 23.4. The minimum atomic E-state index is 0.0954. The fourth-order valence-corrected chi connectivity index (χ4v) is 4.99. The Balaban J connectivity index is 2.02. The first-order valence-electron chi connectivity index (χ1n) is 6.68. The molecule has 0 aliphatic heterocycles. The predicted octanol–water partition coefficient (Wildman–Crippen LogP) is 2.63. The van der Waals surface area contributed by atoms with E-state index in [4.69, 9.17) is 0 Å². The lowest BCUT2D eigenvalue weighted by Crippen LogP contribution is -2.67. The van der Waals surface area contributed by atoms with Gasteiger partial charge in [0.1, 0.15) is 12.1 Å². The number of aldehydes is 1. The lowest BCUT2D eigenvalue weighted by molar-refractivity contribution is -0.188. The lowest BCUT2D eigenvalue weighted by Gasteiger charge is -2.68. The maximum absolute atomic E-state index is 12.2. The second kappa shape index (κ2) is 3.30. The molecule has 0 saturated heterocycles. The van der Waals surface area contributed by atoms with Crippen LogP contribution in [0.15, 0.2) is 11.6 Å². The Morgan fingerprint density at radius 3 is 2.76 bits per heavy atom. The number of rotatable bonds is 2. The van der Waals surface area contributed by atoms with E-state index in [9.17, 15) is 9.59 Å². The Kier molecular flexibility index (Phi) is 2.17. The number of hydrogen-bond acceptors (Lipinski definition) is 2. The van der Waals surface area contributed by atoms with Crippen LogP contribution in [-0.2, 0) is 9.59 Å². The molecule has 0 aromatic rings. The van der Waals surface area contributed by atoms with E-state index in [1.165, 1.54) is 0 Å². The van der Waals surface area contributed by atoms with Crippen molar-refractivity contribution in [1.82, 2.24) is 0 Å². The molecule has 0 amide bonds. The fourth-order valence-electron chi connectivity index (χ4n) is 4.99. The summed E-state index contributed by atoms with van der Waals surface area (Å²) in [6.45, 7) is 6.50. The van der Waals surface area contributed by atoms with Gasteiger partial charge in [-0.1, -0.05) is 26.8 Å². The molecule has 5 atom stereocenters. The van der Waals surface area contributed by atoms with E-state index >= 15 is 0 Å². The van der Waals surface area contributed by atoms with Crippen LogP contribution in [0.1, 0.15) is 33.6 Å². The van der Waals surface area contributed by atoms with Crippen molar-refractivity contribution in [2.45, 2.75) is 33.6 Å². The molecule has 4 aliphatic carbocycles. The second-order valence-corrected chi connectivity index (χ2v) is 6.64. The Bertz CT molecular complexity index is 421. The van der Waals surface area contributed by atoms with Gasteiger partial charge in [0, 0.05) is 12.3 Å². The summed E-state index contributed by atoms with van der Waals surface area (Å²) in [5.41, 5.74) is 1.07. The van der Waals surface area contributed by atoms with Crippen LogP contribution in [0.4, 0.5) is 0 Å². The maximum atomic E-state index is 12.2. The highest BCUT2D eigenvalue weighted by Gasteiger charge is 2.68. The largest absolute Gasteiger partial charge is 0.299 e. The summed E-state index contributed by atoms with van der Waals surface area (Å²) >= 11 is 0. The molecule has 2 unspecified atom stereocenters. The van der Waals surface area contributed by atoms with Gasteiger partial charge in [0.15, 0.2) is 0 Å². The van der Waals surface area contributed by atoms with Crippen molar-refractivity contribution in [2.75, 3.05) is 0 Å². The van der Waals surface area contributed by atoms with Crippen LogP contribution in [0.2, 0.25) is 0 Å². The molecule has 0 heterocycles. The fraction of sp³-hybridized carbons (Fsp3) is 0.733. The minimum absolute atomic E-state index is 0.0954. The maximum Gasteiger partial charge on any atom is 0.146 e. The Hall–Kier alpha value is -0.920. The highest BCUT2D eigenvalue weighted by Crippen LogP contribution is 2.70. The zero-order valence-electron chi connectivity index (χ0n) is 10.8. The van der Waals surface area contributed by atoms with E-state index in [-0.39, 0.29) is 11.3 Å². The van der Waals surface area contributed by atoms with Crippen molar-refractivity contribution in [3.63, 3.8) is 0 Å². The molecule has 3 fully saturated rings. The molecule has 17 heavy (non-hydrogen) atoms. The van der Waals surface area contributed by atoms with Gasteiger partial charge in [0.2, 0.25) is 0 Å². The molecular weight excluding hydrogens is 212 g/mol. The molecule has 4 rings (SSSR count). The smallest absolute Gasteiger partial charge is 0.146 e. The summed E-state index contributed by atoms with van der Waals surface area (Å²) < 4.78 is 0. The van der Waals surface area contributed by atoms with Gasteiger partial charge < -0.3 is 0 Å². The standard InChI is InChI=1S/C15H20O2/c1-8(2)12-11(17)6-15(3)10-5-4-9(7-16)14(15)13(10)12/h4,7-8,10,12-14H,5-6H2,1-3H3/t10-,12+,13+,14?,15?/m1/s1. The topological polar surface area (TPSA) is 34.1 Å². The van der Waals surface area contributed by atoms with Crippen molar-refractivity contribution in [1.29, 1.82) is 0 Å². The SMILES string of the molecule is CC(C)[C@H]1C(=O)CC2(C)C3C(C=O)=CC[C@@H]2[C@H]31. The van der Waals surface area contributed by atoms with E-state index < -0.39 is 0 Å². The zero-order valence-corrected chi connectivity index (χ0v) is 10.8. The summed E-state index contributed by atoms with van der Waals surface area (Å²) in [5, 5.41) is 0. The molecule has 3 saturated carbocycles. The molecule has 2 heteroatoms. The van der Waals surface area contributed by atoms with Crippen LogP contribution in [0, 0.1) is 35.0 Å². The van der Waals surface area contributed by atoms with Gasteiger partial charge >= 0.3 is 0 Å². The highest BCUT2D eigenvalue weighted by atomic mass is 16.1. The number of fused-ring (bicyclic) bond motifs is 2. The number of carbonyl (C=O) groups is 2. The normalized spacial score (nSPS) is 47.5. The first-order valence-corrected chi connectivity index (χ1v) is 6.68. The minimum Gasteiger partial charge on any atom is -0.299 e. The van der Waals surface area contributed by atoms with E-state index in [0.29, 0.717) is 35.9 Å².